The van der Waals surface area contributed by atoms with E-state index in [1.807, 2.05) is 6.92 Å². The van der Waals surface area contributed by atoms with Gasteiger partial charge in [-0.15, -0.1) is 0 Å². The van der Waals surface area contributed by atoms with Crippen LogP contribution < -0.4 is 10.6 Å². The minimum atomic E-state index is -0.0818. The Labute approximate surface area is 120 Å². The standard InChI is InChI=1S/C15H23N3O2/c1-5-16-13-10(7-6-8-17-13)14(19)18-11-9-12(20-4)15(11,2)3/h6-8,11-12H,5,9H2,1-4H3,(H,16,17)(H,18,19). The molecule has 1 aromatic heterocycles. The molecule has 1 aliphatic carbocycles. The van der Waals surface area contributed by atoms with Gasteiger partial charge in [0.2, 0.25) is 0 Å². The number of hydrogen-bond acceptors (Lipinski definition) is 4. The first-order valence-corrected chi connectivity index (χ1v) is 7.03. The first kappa shape index (κ1) is 14.8. The Balaban J connectivity index is 2.07. The molecule has 0 aromatic carbocycles. The molecule has 0 bridgehead atoms. The Morgan fingerprint density at radius 2 is 2.30 bits per heavy atom. The first-order chi connectivity index (χ1) is 9.50. The van der Waals surface area contributed by atoms with Gasteiger partial charge in [0.15, 0.2) is 0 Å². The van der Waals surface area contributed by atoms with E-state index in [0.717, 1.165) is 13.0 Å². The van der Waals surface area contributed by atoms with Crippen LogP contribution in [0.4, 0.5) is 5.82 Å². The monoisotopic (exact) mass is 277 g/mol. The maximum Gasteiger partial charge on any atom is 0.255 e. The summed E-state index contributed by atoms with van der Waals surface area (Å²) in [5.41, 5.74) is 0.552. The maximum absolute atomic E-state index is 12.4. The quantitative estimate of drug-likeness (QED) is 0.864. The molecule has 2 atom stereocenters. The third-order valence-electron chi connectivity index (χ3n) is 4.16. The average Bonchev–Trinajstić information content (AvgIpc) is 2.43. The van der Waals surface area contributed by atoms with Crippen LogP contribution in [0.3, 0.4) is 0 Å². The molecule has 1 aromatic rings. The summed E-state index contributed by atoms with van der Waals surface area (Å²) in [4.78, 5) is 16.6. The third kappa shape index (κ3) is 2.63. The van der Waals surface area contributed by atoms with Gasteiger partial charge in [0.1, 0.15) is 5.82 Å². The number of hydrogen-bond donors (Lipinski definition) is 2. The lowest BCUT2D eigenvalue weighted by molar-refractivity contribution is -0.0942. The van der Waals surface area contributed by atoms with E-state index in [-0.39, 0.29) is 23.5 Å². The van der Waals surface area contributed by atoms with E-state index in [1.54, 1.807) is 25.4 Å². The fraction of sp³-hybridized carbons (Fsp3) is 0.600. The summed E-state index contributed by atoms with van der Waals surface area (Å²) in [5.74, 6) is 0.551. The summed E-state index contributed by atoms with van der Waals surface area (Å²) in [5, 5.41) is 6.20. The zero-order valence-corrected chi connectivity index (χ0v) is 12.6. The van der Waals surface area contributed by atoms with Crippen molar-refractivity contribution in [3.63, 3.8) is 0 Å². The number of carbonyl (C=O) groups excluding carboxylic acids is 1. The molecule has 1 amide bonds. The molecule has 1 heterocycles. The molecule has 2 N–H and O–H groups in total. The van der Waals surface area contributed by atoms with Gasteiger partial charge in [0.25, 0.3) is 5.91 Å². The van der Waals surface area contributed by atoms with E-state index in [9.17, 15) is 4.79 Å². The van der Waals surface area contributed by atoms with E-state index in [1.165, 1.54) is 0 Å². The summed E-state index contributed by atoms with van der Waals surface area (Å²) in [7, 11) is 1.72. The zero-order valence-electron chi connectivity index (χ0n) is 12.6. The lowest BCUT2D eigenvalue weighted by Crippen LogP contribution is -2.61. The lowest BCUT2D eigenvalue weighted by Gasteiger charge is -2.51. The highest BCUT2D eigenvalue weighted by atomic mass is 16.5. The van der Waals surface area contributed by atoms with E-state index in [0.29, 0.717) is 11.4 Å². The molecule has 110 valence electrons. The topological polar surface area (TPSA) is 63.2 Å². The Bertz CT molecular complexity index is 488. The van der Waals surface area contributed by atoms with Crippen LogP contribution in [0.25, 0.3) is 0 Å². The van der Waals surface area contributed by atoms with Crippen LogP contribution in [-0.4, -0.2) is 36.7 Å². The van der Waals surface area contributed by atoms with Crippen molar-refractivity contribution in [2.75, 3.05) is 19.0 Å². The lowest BCUT2D eigenvalue weighted by atomic mass is 9.64. The molecule has 5 heteroatoms. The van der Waals surface area contributed by atoms with Crippen molar-refractivity contribution in [3.8, 4) is 0 Å². The summed E-state index contributed by atoms with van der Waals surface area (Å²) in [6.45, 7) is 6.95. The molecule has 0 spiro atoms. The van der Waals surface area contributed by atoms with Crippen molar-refractivity contribution in [2.24, 2.45) is 5.41 Å². The molecule has 0 aliphatic heterocycles. The van der Waals surface area contributed by atoms with E-state index >= 15 is 0 Å². The van der Waals surface area contributed by atoms with Gasteiger partial charge in [-0.05, 0) is 25.5 Å². The average molecular weight is 277 g/mol. The van der Waals surface area contributed by atoms with Crippen LogP contribution in [-0.2, 0) is 4.74 Å². The maximum atomic E-state index is 12.4. The fourth-order valence-corrected chi connectivity index (χ4v) is 2.66. The van der Waals surface area contributed by atoms with Crippen molar-refractivity contribution in [3.05, 3.63) is 23.9 Å². The van der Waals surface area contributed by atoms with Gasteiger partial charge in [-0.2, -0.15) is 0 Å². The van der Waals surface area contributed by atoms with Crippen molar-refractivity contribution < 1.29 is 9.53 Å². The van der Waals surface area contributed by atoms with Crippen molar-refractivity contribution in [2.45, 2.75) is 39.3 Å². The van der Waals surface area contributed by atoms with E-state index in [4.69, 9.17) is 4.74 Å². The normalized spacial score (nSPS) is 23.8. The van der Waals surface area contributed by atoms with Crippen molar-refractivity contribution in [1.29, 1.82) is 0 Å². The molecule has 20 heavy (non-hydrogen) atoms. The second kappa shape index (κ2) is 5.79. The SMILES string of the molecule is CCNc1ncccc1C(=O)NC1CC(OC)C1(C)C. The van der Waals surface area contributed by atoms with Crippen molar-refractivity contribution in [1.82, 2.24) is 10.3 Å². The predicted molar refractivity (Wildman–Crippen MR) is 78.8 cm³/mol. The number of rotatable bonds is 5. The van der Waals surface area contributed by atoms with Gasteiger partial charge in [0.05, 0.1) is 11.7 Å². The number of carbonyl (C=O) groups is 1. The molecule has 0 radical (unpaired) electrons. The van der Waals surface area contributed by atoms with Gasteiger partial charge >= 0.3 is 0 Å². The second-order valence-corrected chi connectivity index (χ2v) is 5.74. The van der Waals surface area contributed by atoms with Gasteiger partial charge in [-0.25, -0.2) is 4.98 Å². The smallest absolute Gasteiger partial charge is 0.255 e. The highest BCUT2D eigenvalue weighted by Crippen LogP contribution is 2.42. The predicted octanol–water partition coefficient (Wildman–Crippen LogP) is 2.06. The first-order valence-electron chi connectivity index (χ1n) is 7.03. The molecule has 1 saturated carbocycles. The zero-order chi connectivity index (χ0) is 14.8. The summed E-state index contributed by atoms with van der Waals surface area (Å²) >= 11 is 0. The molecule has 0 saturated heterocycles. The molecule has 1 fully saturated rings. The highest BCUT2D eigenvalue weighted by molar-refractivity contribution is 5.99. The number of ether oxygens (including phenoxy) is 1. The van der Waals surface area contributed by atoms with Crippen LogP contribution >= 0.6 is 0 Å². The minimum Gasteiger partial charge on any atom is -0.381 e. The number of nitrogens with one attached hydrogen (secondary N) is 2. The summed E-state index contributed by atoms with van der Waals surface area (Å²) in [6, 6.07) is 3.70. The molecular formula is C15H23N3O2. The second-order valence-electron chi connectivity index (χ2n) is 5.74. The summed E-state index contributed by atoms with van der Waals surface area (Å²) in [6.07, 6.45) is 2.74. The van der Waals surface area contributed by atoms with Gasteiger partial charge in [-0.3, -0.25) is 4.79 Å². The molecule has 2 rings (SSSR count). The molecule has 5 nitrogen and oxygen atoms in total. The van der Waals surface area contributed by atoms with Gasteiger partial charge in [-0.1, -0.05) is 13.8 Å². The number of aromatic nitrogens is 1. The minimum absolute atomic E-state index is 0.0367. The van der Waals surface area contributed by atoms with Gasteiger partial charge in [0, 0.05) is 31.3 Å². The number of nitrogens with zero attached hydrogens (tertiary/aromatic N) is 1. The Kier molecular flexibility index (Phi) is 4.28. The highest BCUT2D eigenvalue weighted by Gasteiger charge is 2.49. The third-order valence-corrected chi connectivity index (χ3v) is 4.16. The Morgan fingerprint density at radius 1 is 1.55 bits per heavy atom. The number of pyridine rings is 1. The largest absolute Gasteiger partial charge is 0.381 e. The Morgan fingerprint density at radius 3 is 2.90 bits per heavy atom. The number of amides is 1. The van der Waals surface area contributed by atoms with Crippen LogP contribution in [0.5, 0.6) is 0 Å². The molecular weight excluding hydrogens is 254 g/mol. The fourth-order valence-electron chi connectivity index (χ4n) is 2.66. The van der Waals surface area contributed by atoms with Crippen LogP contribution in [0.2, 0.25) is 0 Å². The van der Waals surface area contributed by atoms with Crippen LogP contribution in [0, 0.1) is 5.41 Å². The number of anilines is 1. The van der Waals surface area contributed by atoms with Gasteiger partial charge < -0.3 is 15.4 Å². The van der Waals surface area contributed by atoms with E-state index < -0.39 is 0 Å². The van der Waals surface area contributed by atoms with Crippen molar-refractivity contribution >= 4 is 11.7 Å². The Hall–Kier alpha value is -1.62. The number of methoxy groups -OCH3 is 1. The molecule has 2 unspecified atom stereocenters. The molecule has 1 aliphatic rings. The van der Waals surface area contributed by atoms with Crippen LogP contribution in [0.15, 0.2) is 18.3 Å². The van der Waals surface area contributed by atoms with Crippen LogP contribution in [0.1, 0.15) is 37.6 Å². The summed E-state index contributed by atoms with van der Waals surface area (Å²) < 4.78 is 5.41. The van der Waals surface area contributed by atoms with E-state index in [2.05, 4.69) is 29.5 Å².